The van der Waals surface area contributed by atoms with E-state index in [9.17, 15) is 14.9 Å². The Bertz CT molecular complexity index is 1050. The van der Waals surface area contributed by atoms with Crippen molar-refractivity contribution in [2.75, 3.05) is 6.54 Å². The molecule has 8 nitrogen and oxygen atoms in total. The molecular formula is C19H16Cl2N4O4. The first-order valence-corrected chi connectivity index (χ1v) is 9.46. The number of hydrogen-bond acceptors (Lipinski definition) is 6. The van der Waals surface area contributed by atoms with Gasteiger partial charge in [-0.3, -0.25) is 14.9 Å². The number of amides is 1. The summed E-state index contributed by atoms with van der Waals surface area (Å²) in [6.45, 7) is 2.37. The van der Waals surface area contributed by atoms with Crippen LogP contribution in [0.2, 0.25) is 10.0 Å². The average Bonchev–Trinajstić information content (AvgIpc) is 3.16. The first kappa shape index (κ1) is 20.8. The Kier molecular flexibility index (Phi) is 6.46. The lowest BCUT2D eigenvalue weighted by atomic mass is 10.1. The molecule has 1 heterocycles. The molecule has 3 aromatic rings. The van der Waals surface area contributed by atoms with Crippen LogP contribution in [-0.4, -0.2) is 32.5 Å². The van der Waals surface area contributed by atoms with Crippen LogP contribution in [0.1, 0.15) is 29.6 Å². The Balaban J connectivity index is 1.84. The summed E-state index contributed by atoms with van der Waals surface area (Å²) in [6, 6.07) is 11.0. The first-order valence-electron chi connectivity index (χ1n) is 8.71. The normalized spacial score (nSPS) is 10.7. The predicted octanol–water partition coefficient (Wildman–Crippen LogP) is 5.00. The maximum Gasteiger partial charge on any atom is 0.288 e. The van der Waals surface area contributed by atoms with E-state index in [0.717, 1.165) is 6.07 Å². The van der Waals surface area contributed by atoms with Gasteiger partial charge in [0.2, 0.25) is 11.8 Å². The van der Waals surface area contributed by atoms with Crippen molar-refractivity contribution in [1.82, 2.24) is 15.1 Å². The minimum atomic E-state index is -0.628. The van der Waals surface area contributed by atoms with Gasteiger partial charge < -0.3 is 9.32 Å². The standard InChI is InChI=1S/C19H16Cl2N4O4/c1-2-9-24(19(26)12-7-8-15(21)16(10-12)25(27)28)11-17-22-23-18(29-17)13-5-3-4-6-14(13)20/h3-8,10H,2,9,11H2,1H3. The van der Waals surface area contributed by atoms with Crippen LogP contribution >= 0.6 is 23.2 Å². The molecule has 0 saturated heterocycles. The Morgan fingerprint density at radius 1 is 1.17 bits per heavy atom. The molecule has 0 aliphatic heterocycles. The maximum atomic E-state index is 12.9. The fraction of sp³-hybridized carbons (Fsp3) is 0.211. The van der Waals surface area contributed by atoms with E-state index in [1.807, 2.05) is 6.92 Å². The summed E-state index contributed by atoms with van der Waals surface area (Å²) in [5.74, 6) is 0.0749. The number of halogens is 2. The molecule has 0 fully saturated rings. The molecule has 1 aromatic heterocycles. The average molecular weight is 435 g/mol. The van der Waals surface area contributed by atoms with Crippen molar-refractivity contribution in [3.63, 3.8) is 0 Å². The number of carbonyl (C=O) groups is 1. The van der Waals surface area contributed by atoms with Gasteiger partial charge >= 0.3 is 0 Å². The number of rotatable bonds is 7. The van der Waals surface area contributed by atoms with Crippen LogP contribution < -0.4 is 0 Å². The molecule has 0 unspecified atom stereocenters. The van der Waals surface area contributed by atoms with E-state index in [4.69, 9.17) is 27.6 Å². The van der Waals surface area contributed by atoms with Gasteiger partial charge in [-0.25, -0.2) is 0 Å². The monoisotopic (exact) mass is 434 g/mol. The van der Waals surface area contributed by atoms with Crippen LogP contribution in [0.25, 0.3) is 11.5 Å². The molecule has 0 N–H and O–H groups in total. The van der Waals surface area contributed by atoms with Crippen LogP contribution in [0, 0.1) is 10.1 Å². The molecule has 0 radical (unpaired) electrons. The second-order valence-electron chi connectivity index (χ2n) is 6.13. The van der Waals surface area contributed by atoms with Gasteiger partial charge in [0.1, 0.15) is 5.02 Å². The van der Waals surface area contributed by atoms with E-state index in [2.05, 4.69) is 10.2 Å². The fourth-order valence-corrected chi connectivity index (χ4v) is 3.12. The molecule has 150 valence electrons. The maximum absolute atomic E-state index is 12.9. The number of carbonyl (C=O) groups excluding carboxylic acids is 1. The minimum Gasteiger partial charge on any atom is -0.419 e. The van der Waals surface area contributed by atoms with Gasteiger partial charge in [0, 0.05) is 18.2 Å². The van der Waals surface area contributed by atoms with Gasteiger partial charge in [-0.2, -0.15) is 0 Å². The molecular weight excluding hydrogens is 419 g/mol. The summed E-state index contributed by atoms with van der Waals surface area (Å²) in [7, 11) is 0. The number of nitro groups is 1. The lowest BCUT2D eigenvalue weighted by molar-refractivity contribution is -0.384. The zero-order valence-electron chi connectivity index (χ0n) is 15.3. The van der Waals surface area contributed by atoms with Gasteiger partial charge in [0.15, 0.2) is 0 Å². The lowest BCUT2D eigenvalue weighted by Gasteiger charge is -2.20. The van der Waals surface area contributed by atoms with Gasteiger partial charge in [-0.15, -0.1) is 10.2 Å². The molecule has 0 aliphatic carbocycles. The highest BCUT2D eigenvalue weighted by Crippen LogP contribution is 2.28. The van der Waals surface area contributed by atoms with E-state index < -0.39 is 10.8 Å². The van der Waals surface area contributed by atoms with Crippen LogP contribution in [0.5, 0.6) is 0 Å². The van der Waals surface area contributed by atoms with Crippen molar-refractivity contribution in [3.05, 3.63) is 74.1 Å². The van der Waals surface area contributed by atoms with Crippen molar-refractivity contribution in [3.8, 4) is 11.5 Å². The molecule has 1 amide bonds. The van der Waals surface area contributed by atoms with Crippen LogP contribution in [-0.2, 0) is 6.54 Å². The Morgan fingerprint density at radius 2 is 1.93 bits per heavy atom. The molecule has 0 saturated carbocycles. The van der Waals surface area contributed by atoms with E-state index in [1.165, 1.54) is 17.0 Å². The van der Waals surface area contributed by atoms with E-state index in [1.54, 1.807) is 24.3 Å². The number of nitro benzene ring substituents is 1. The topological polar surface area (TPSA) is 102 Å². The van der Waals surface area contributed by atoms with Crippen molar-refractivity contribution in [2.24, 2.45) is 0 Å². The molecule has 0 aliphatic rings. The number of aromatic nitrogens is 2. The predicted molar refractivity (Wildman–Crippen MR) is 108 cm³/mol. The largest absolute Gasteiger partial charge is 0.419 e. The number of nitrogens with zero attached hydrogens (tertiary/aromatic N) is 4. The van der Waals surface area contributed by atoms with Gasteiger partial charge in [0.05, 0.1) is 22.1 Å². The summed E-state index contributed by atoms with van der Waals surface area (Å²) in [5.41, 5.74) is 0.419. The second-order valence-corrected chi connectivity index (χ2v) is 6.95. The van der Waals surface area contributed by atoms with Crippen molar-refractivity contribution in [2.45, 2.75) is 19.9 Å². The molecule has 0 atom stereocenters. The van der Waals surface area contributed by atoms with E-state index in [-0.39, 0.29) is 34.6 Å². The summed E-state index contributed by atoms with van der Waals surface area (Å²) in [5, 5.41) is 19.5. The first-order chi connectivity index (χ1) is 13.9. The smallest absolute Gasteiger partial charge is 0.288 e. The summed E-state index contributed by atoms with van der Waals surface area (Å²) >= 11 is 12.0. The summed E-state index contributed by atoms with van der Waals surface area (Å²) < 4.78 is 5.66. The molecule has 0 spiro atoms. The zero-order chi connectivity index (χ0) is 21.0. The van der Waals surface area contributed by atoms with Gasteiger partial charge in [-0.1, -0.05) is 42.3 Å². The van der Waals surface area contributed by atoms with Crippen LogP contribution in [0.15, 0.2) is 46.9 Å². The third-order valence-electron chi connectivity index (χ3n) is 4.07. The molecule has 0 bridgehead atoms. The van der Waals surface area contributed by atoms with Crippen molar-refractivity contribution >= 4 is 34.8 Å². The molecule has 3 rings (SSSR count). The van der Waals surface area contributed by atoms with E-state index >= 15 is 0 Å². The Labute approximate surface area is 176 Å². The quantitative estimate of drug-likeness (QED) is 0.382. The minimum absolute atomic E-state index is 0.0325. The molecule has 2 aromatic carbocycles. The highest BCUT2D eigenvalue weighted by atomic mass is 35.5. The fourth-order valence-electron chi connectivity index (χ4n) is 2.71. The Morgan fingerprint density at radius 3 is 2.62 bits per heavy atom. The third kappa shape index (κ3) is 4.72. The lowest BCUT2D eigenvalue weighted by Crippen LogP contribution is -2.31. The number of hydrogen-bond donors (Lipinski definition) is 0. The van der Waals surface area contributed by atoms with E-state index in [0.29, 0.717) is 23.6 Å². The van der Waals surface area contributed by atoms with Crippen molar-refractivity contribution in [1.29, 1.82) is 0 Å². The highest BCUT2D eigenvalue weighted by molar-refractivity contribution is 6.33. The third-order valence-corrected chi connectivity index (χ3v) is 4.72. The van der Waals surface area contributed by atoms with Crippen LogP contribution in [0.4, 0.5) is 5.69 Å². The highest BCUT2D eigenvalue weighted by Gasteiger charge is 2.22. The van der Waals surface area contributed by atoms with Gasteiger partial charge in [-0.05, 0) is 30.7 Å². The summed E-state index contributed by atoms with van der Waals surface area (Å²) in [6.07, 6.45) is 0.674. The zero-order valence-corrected chi connectivity index (χ0v) is 16.9. The number of benzene rings is 2. The summed E-state index contributed by atoms with van der Waals surface area (Å²) in [4.78, 5) is 24.9. The second kappa shape index (κ2) is 9.02. The van der Waals surface area contributed by atoms with Crippen LogP contribution in [0.3, 0.4) is 0 Å². The van der Waals surface area contributed by atoms with Gasteiger partial charge in [0.25, 0.3) is 11.6 Å². The molecule has 29 heavy (non-hydrogen) atoms. The Hall–Kier alpha value is -2.97. The SMILES string of the molecule is CCCN(Cc1nnc(-c2ccccc2Cl)o1)C(=O)c1ccc(Cl)c([N+](=O)[O-])c1. The molecule has 10 heteroatoms. The van der Waals surface area contributed by atoms with Crippen molar-refractivity contribution < 1.29 is 14.1 Å².